The molecule has 174 valence electrons. The van der Waals surface area contributed by atoms with Crippen molar-refractivity contribution in [3.05, 3.63) is 24.3 Å². The zero-order chi connectivity index (χ0) is 22.1. The number of rotatable bonds is 21. The molecule has 0 aliphatic rings. The number of esters is 2. The molecule has 30 heavy (non-hydrogen) atoms. The van der Waals surface area contributed by atoms with E-state index in [0.717, 1.165) is 25.7 Å². The van der Waals surface area contributed by atoms with E-state index in [1.807, 2.05) is 0 Å². The van der Waals surface area contributed by atoms with Gasteiger partial charge in [-0.25, -0.2) is 9.59 Å². The van der Waals surface area contributed by atoms with E-state index in [1.165, 1.54) is 101 Å². The smallest absolute Gasteiger partial charge is 0.330 e. The van der Waals surface area contributed by atoms with Gasteiger partial charge in [0.25, 0.3) is 0 Å². The number of ether oxygens (including phenoxy) is 2. The molecule has 0 aromatic carbocycles. The van der Waals surface area contributed by atoms with Gasteiger partial charge in [-0.3, -0.25) is 0 Å². The highest BCUT2D eigenvalue weighted by Gasteiger charge is 1.98. The van der Waals surface area contributed by atoms with Crippen LogP contribution in [-0.4, -0.2) is 25.2 Å². The van der Waals surface area contributed by atoms with Crippen molar-refractivity contribution >= 4 is 11.9 Å². The Labute approximate surface area is 185 Å². The Morgan fingerprint density at radius 2 is 0.800 bits per heavy atom. The largest absolute Gasteiger partial charge is 0.463 e. The van der Waals surface area contributed by atoms with Crippen LogP contribution in [0.25, 0.3) is 0 Å². The van der Waals surface area contributed by atoms with Crippen LogP contribution in [0.2, 0.25) is 0 Å². The molecule has 0 aromatic rings. The summed E-state index contributed by atoms with van der Waals surface area (Å²) in [6, 6.07) is 0. The predicted molar refractivity (Wildman–Crippen MR) is 125 cm³/mol. The summed E-state index contributed by atoms with van der Waals surface area (Å²) in [6.45, 7) is 5.37. The maximum atomic E-state index is 11.6. The van der Waals surface area contributed by atoms with Gasteiger partial charge in [-0.15, -0.1) is 0 Å². The van der Waals surface area contributed by atoms with Gasteiger partial charge in [0, 0.05) is 12.2 Å². The Hall–Kier alpha value is -1.58. The third-order valence-corrected chi connectivity index (χ3v) is 5.06. The van der Waals surface area contributed by atoms with Crippen molar-refractivity contribution in [1.29, 1.82) is 0 Å². The van der Waals surface area contributed by atoms with Gasteiger partial charge in [0.05, 0.1) is 13.2 Å². The first-order valence-corrected chi connectivity index (χ1v) is 12.4. The fraction of sp³-hybridized carbons (Fsp3) is 0.769. The molecule has 4 nitrogen and oxygen atoms in total. The molecule has 4 heteroatoms. The van der Waals surface area contributed by atoms with Gasteiger partial charge in [0.2, 0.25) is 0 Å². The summed E-state index contributed by atoms with van der Waals surface area (Å²) in [5, 5.41) is 0. The average molecular weight is 423 g/mol. The van der Waals surface area contributed by atoms with E-state index in [2.05, 4.69) is 13.8 Å². The molecule has 0 fully saturated rings. The Balaban J connectivity index is 3.51. The van der Waals surface area contributed by atoms with Gasteiger partial charge in [-0.05, 0) is 12.8 Å². The Morgan fingerprint density at radius 1 is 0.500 bits per heavy atom. The lowest BCUT2D eigenvalue weighted by molar-refractivity contribution is -0.138. The van der Waals surface area contributed by atoms with Crippen LogP contribution in [-0.2, 0) is 19.1 Å². The lowest BCUT2D eigenvalue weighted by atomic mass is 10.1. The number of unbranched alkanes of at least 4 members (excludes halogenated alkanes) is 14. The lowest BCUT2D eigenvalue weighted by Gasteiger charge is -2.03. The molecule has 0 bridgehead atoms. The van der Waals surface area contributed by atoms with E-state index in [1.54, 1.807) is 0 Å². The zero-order valence-electron chi connectivity index (χ0n) is 19.7. The molecule has 0 spiro atoms. The first kappa shape index (κ1) is 28.4. The summed E-state index contributed by atoms with van der Waals surface area (Å²) in [5.74, 6) is -0.732. The van der Waals surface area contributed by atoms with Crippen molar-refractivity contribution in [3.63, 3.8) is 0 Å². The molecule has 0 N–H and O–H groups in total. The van der Waals surface area contributed by atoms with Gasteiger partial charge >= 0.3 is 11.9 Å². The van der Waals surface area contributed by atoms with E-state index in [4.69, 9.17) is 9.47 Å². The van der Waals surface area contributed by atoms with Crippen LogP contribution in [0, 0.1) is 0 Å². The Morgan fingerprint density at radius 3 is 1.13 bits per heavy atom. The van der Waals surface area contributed by atoms with E-state index < -0.39 is 0 Å². The molecule has 0 aliphatic carbocycles. The van der Waals surface area contributed by atoms with Crippen LogP contribution in [0.1, 0.15) is 117 Å². The van der Waals surface area contributed by atoms with Crippen LogP contribution >= 0.6 is 0 Å². The number of hydrogen-bond acceptors (Lipinski definition) is 4. The minimum Gasteiger partial charge on any atom is -0.463 e. The third kappa shape index (κ3) is 22.7. The van der Waals surface area contributed by atoms with E-state index in [0.29, 0.717) is 13.2 Å². The average Bonchev–Trinajstić information content (AvgIpc) is 2.74. The molecule has 0 aliphatic heterocycles. The summed E-state index contributed by atoms with van der Waals surface area (Å²) >= 11 is 0. The molecule has 0 rings (SSSR count). The second-order valence-corrected chi connectivity index (χ2v) is 8.00. The van der Waals surface area contributed by atoms with Crippen LogP contribution in [0.3, 0.4) is 0 Å². The molecule has 0 amide bonds. The number of carbonyl (C=O) groups excluding carboxylic acids is 2. The van der Waals surface area contributed by atoms with Crippen LogP contribution in [0.5, 0.6) is 0 Å². The topological polar surface area (TPSA) is 52.6 Å². The van der Waals surface area contributed by atoms with Gasteiger partial charge in [0.1, 0.15) is 0 Å². The highest BCUT2D eigenvalue weighted by molar-refractivity contribution is 5.84. The summed E-state index contributed by atoms with van der Waals surface area (Å²) < 4.78 is 10.3. The monoisotopic (exact) mass is 422 g/mol. The second-order valence-electron chi connectivity index (χ2n) is 8.00. The quantitative estimate of drug-likeness (QED) is 0.0833. The summed E-state index contributed by atoms with van der Waals surface area (Å²) in [6.07, 6.45) is 25.2. The SMILES string of the molecule is CCCCCCCCCCOC(=O)/C=C\C=C/C(=O)OCCCCCCCCCC. The highest BCUT2D eigenvalue weighted by Crippen LogP contribution is 2.09. The lowest BCUT2D eigenvalue weighted by Crippen LogP contribution is -2.03. The fourth-order valence-corrected chi connectivity index (χ4v) is 3.18. The minimum atomic E-state index is -0.366. The standard InChI is InChI=1S/C26H46O4/c1-3-5-7-9-11-13-15-19-23-29-25(27)21-17-18-22-26(28)30-24-20-16-14-12-10-8-6-4-2/h17-18,21-22H,3-16,19-20,23-24H2,1-2H3/b21-17-,22-18-. The molecular weight excluding hydrogens is 376 g/mol. The van der Waals surface area contributed by atoms with Crippen LogP contribution in [0.15, 0.2) is 24.3 Å². The molecule has 0 saturated carbocycles. The van der Waals surface area contributed by atoms with Crippen molar-refractivity contribution in [2.75, 3.05) is 13.2 Å². The highest BCUT2D eigenvalue weighted by atomic mass is 16.5. The van der Waals surface area contributed by atoms with Gasteiger partial charge in [0.15, 0.2) is 0 Å². The first-order chi connectivity index (χ1) is 14.7. The number of allylic oxidation sites excluding steroid dienone is 2. The van der Waals surface area contributed by atoms with E-state index >= 15 is 0 Å². The van der Waals surface area contributed by atoms with Crippen LogP contribution in [0.4, 0.5) is 0 Å². The van der Waals surface area contributed by atoms with E-state index in [9.17, 15) is 9.59 Å². The predicted octanol–water partition coefficient (Wildman–Crippen LogP) is 7.47. The summed E-state index contributed by atoms with van der Waals surface area (Å²) in [4.78, 5) is 23.2. The van der Waals surface area contributed by atoms with Crippen molar-refractivity contribution in [2.45, 2.75) is 117 Å². The van der Waals surface area contributed by atoms with Gasteiger partial charge < -0.3 is 9.47 Å². The zero-order valence-corrected chi connectivity index (χ0v) is 19.7. The summed E-state index contributed by atoms with van der Waals surface area (Å²) in [7, 11) is 0. The maximum absolute atomic E-state index is 11.6. The van der Waals surface area contributed by atoms with E-state index in [-0.39, 0.29) is 11.9 Å². The number of carbonyl (C=O) groups is 2. The molecule has 0 radical (unpaired) electrons. The molecule has 0 atom stereocenters. The number of hydrogen-bond donors (Lipinski definition) is 0. The van der Waals surface area contributed by atoms with Crippen molar-refractivity contribution in [3.8, 4) is 0 Å². The summed E-state index contributed by atoms with van der Waals surface area (Å²) in [5.41, 5.74) is 0. The molecular formula is C26H46O4. The second kappa shape index (κ2) is 23.7. The van der Waals surface area contributed by atoms with Crippen molar-refractivity contribution in [1.82, 2.24) is 0 Å². The minimum absolute atomic E-state index is 0.366. The van der Waals surface area contributed by atoms with Crippen LogP contribution < -0.4 is 0 Å². The Bertz CT molecular complexity index is 412. The first-order valence-electron chi connectivity index (χ1n) is 12.4. The van der Waals surface area contributed by atoms with Gasteiger partial charge in [-0.1, -0.05) is 116 Å². The molecule has 0 unspecified atom stereocenters. The molecule has 0 heterocycles. The molecule has 0 aromatic heterocycles. The van der Waals surface area contributed by atoms with Crippen molar-refractivity contribution < 1.29 is 19.1 Å². The van der Waals surface area contributed by atoms with Gasteiger partial charge in [-0.2, -0.15) is 0 Å². The Kier molecular flexibility index (Phi) is 22.4. The third-order valence-electron chi connectivity index (χ3n) is 5.06. The molecule has 0 saturated heterocycles. The fourth-order valence-electron chi connectivity index (χ4n) is 3.18. The van der Waals surface area contributed by atoms with Crippen molar-refractivity contribution in [2.24, 2.45) is 0 Å². The maximum Gasteiger partial charge on any atom is 0.330 e. The normalized spacial score (nSPS) is 11.4.